The number of thiophene rings is 2. The maximum atomic E-state index is 11.6. The van der Waals surface area contributed by atoms with Gasteiger partial charge in [0.1, 0.15) is 11.5 Å². The Balaban J connectivity index is 1.98. The normalized spacial score (nSPS) is 10.3. The molecule has 5 heteroatoms. The summed E-state index contributed by atoms with van der Waals surface area (Å²) in [6.07, 6.45) is 0. The van der Waals surface area contributed by atoms with Crippen molar-refractivity contribution in [3.8, 4) is 0 Å². The fraction of sp³-hybridized carbons (Fsp3) is 0.182. The Morgan fingerprint density at radius 1 is 1.56 bits per heavy atom. The van der Waals surface area contributed by atoms with Crippen LogP contribution in [0.4, 0.5) is 5.69 Å². The number of hydrogen-bond donors (Lipinski definition) is 1. The fourth-order valence-electron chi connectivity index (χ4n) is 1.19. The van der Waals surface area contributed by atoms with E-state index in [1.54, 1.807) is 17.4 Å². The molecule has 2 aromatic rings. The highest BCUT2D eigenvalue weighted by Crippen LogP contribution is 2.24. The minimum atomic E-state index is -0.309. The lowest BCUT2D eigenvalue weighted by atomic mass is 10.3. The van der Waals surface area contributed by atoms with Crippen molar-refractivity contribution in [2.75, 3.05) is 5.73 Å². The Bertz CT molecular complexity index is 469. The van der Waals surface area contributed by atoms with Crippen molar-refractivity contribution in [2.45, 2.75) is 13.5 Å². The van der Waals surface area contributed by atoms with E-state index in [9.17, 15) is 4.79 Å². The van der Waals surface area contributed by atoms with Crippen molar-refractivity contribution in [3.63, 3.8) is 0 Å². The number of esters is 1. The molecular formula is C11H11NO2S2. The molecule has 0 aromatic carbocycles. The number of carbonyl (C=O) groups is 1. The molecule has 0 aliphatic carbocycles. The van der Waals surface area contributed by atoms with Gasteiger partial charge in [-0.2, -0.15) is 11.3 Å². The number of rotatable bonds is 3. The van der Waals surface area contributed by atoms with E-state index in [1.807, 2.05) is 23.8 Å². The van der Waals surface area contributed by atoms with Gasteiger partial charge in [-0.25, -0.2) is 4.79 Å². The summed E-state index contributed by atoms with van der Waals surface area (Å²) >= 11 is 2.95. The summed E-state index contributed by atoms with van der Waals surface area (Å²) in [7, 11) is 0. The molecule has 2 rings (SSSR count). The van der Waals surface area contributed by atoms with Crippen LogP contribution in [-0.2, 0) is 11.3 Å². The molecule has 0 saturated carbocycles. The van der Waals surface area contributed by atoms with E-state index in [2.05, 4.69) is 0 Å². The van der Waals surface area contributed by atoms with Crippen LogP contribution in [0.3, 0.4) is 0 Å². The number of nitrogens with two attached hydrogens (primary N) is 1. The van der Waals surface area contributed by atoms with E-state index in [-0.39, 0.29) is 5.97 Å². The summed E-state index contributed by atoms with van der Waals surface area (Å²) in [6.45, 7) is 2.20. The molecule has 0 atom stereocenters. The van der Waals surface area contributed by atoms with Crippen LogP contribution in [-0.4, -0.2) is 5.97 Å². The third-order valence-corrected chi connectivity index (χ3v) is 3.89. The lowest BCUT2D eigenvalue weighted by Gasteiger charge is -2.00. The fourth-order valence-corrected chi connectivity index (χ4v) is 2.68. The van der Waals surface area contributed by atoms with Gasteiger partial charge >= 0.3 is 5.97 Å². The molecule has 2 aromatic heterocycles. The van der Waals surface area contributed by atoms with Gasteiger partial charge in [0.15, 0.2) is 0 Å². The second-order valence-electron chi connectivity index (χ2n) is 3.33. The van der Waals surface area contributed by atoms with Gasteiger partial charge in [0, 0.05) is 16.1 Å². The van der Waals surface area contributed by atoms with E-state index in [1.165, 1.54) is 11.3 Å². The first-order valence-corrected chi connectivity index (χ1v) is 6.47. The van der Waals surface area contributed by atoms with Crippen LogP contribution < -0.4 is 5.73 Å². The molecular weight excluding hydrogens is 242 g/mol. The van der Waals surface area contributed by atoms with E-state index in [0.717, 1.165) is 10.4 Å². The van der Waals surface area contributed by atoms with Gasteiger partial charge in [-0.1, -0.05) is 0 Å². The number of nitrogen functional groups attached to an aromatic ring is 1. The van der Waals surface area contributed by atoms with Crippen LogP contribution >= 0.6 is 22.7 Å². The number of hydrogen-bond acceptors (Lipinski definition) is 5. The minimum Gasteiger partial charge on any atom is -0.457 e. The molecule has 0 aliphatic rings. The standard InChI is InChI=1S/C11H11NO2S2/c1-7-9(12)4-10(16-7)11(13)14-5-8-2-3-15-6-8/h2-4,6H,5,12H2,1H3. The second-order valence-corrected chi connectivity index (χ2v) is 5.37. The summed E-state index contributed by atoms with van der Waals surface area (Å²) < 4.78 is 5.16. The smallest absolute Gasteiger partial charge is 0.348 e. The van der Waals surface area contributed by atoms with Gasteiger partial charge in [0.25, 0.3) is 0 Å². The first kappa shape index (κ1) is 11.2. The van der Waals surface area contributed by atoms with Crippen molar-refractivity contribution in [1.29, 1.82) is 0 Å². The maximum absolute atomic E-state index is 11.6. The van der Waals surface area contributed by atoms with Crippen LogP contribution in [0.25, 0.3) is 0 Å². The Kier molecular flexibility index (Phi) is 3.26. The lowest BCUT2D eigenvalue weighted by molar-refractivity contribution is 0.0479. The van der Waals surface area contributed by atoms with Crippen molar-refractivity contribution in [1.82, 2.24) is 0 Å². The SMILES string of the molecule is Cc1sc(C(=O)OCc2ccsc2)cc1N. The predicted octanol–water partition coefficient (Wildman–Crippen LogP) is 3.06. The van der Waals surface area contributed by atoms with Gasteiger partial charge < -0.3 is 10.5 Å². The molecule has 0 aliphatic heterocycles. The summed E-state index contributed by atoms with van der Waals surface area (Å²) in [5, 5.41) is 3.91. The van der Waals surface area contributed by atoms with Gasteiger partial charge in [0.2, 0.25) is 0 Å². The van der Waals surface area contributed by atoms with Crippen molar-refractivity contribution < 1.29 is 9.53 Å². The second kappa shape index (κ2) is 4.67. The summed E-state index contributed by atoms with van der Waals surface area (Å²) in [5.74, 6) is -0.309. The van der Waals surface area contributed by atoms with Gasteiger partial charge in [-0.05, 0) is 29.8 Å². The predicted molar refractivity (Wildman–Crippen MR) is 66.9 cm³/mol. The first-order chi connectivity index (χ1) is 7.66. The van der Waals surface area contributed by atoms with E-state index < -0.39 is 0 Å². The molecule has 0 saturated heterocycles. The summed E-state index contributed by atoms with van der Waals surface area (Å²) in [5.41, 5.74) is 7.33. The Morgan fingerprint density at radius 3 is 2.94 bits per heavy atom. The van der Waals surface area contributed by atoms with Crippen LogP contribution in [0.5, 0.6) is 0 Å². The number of carbonyl (C=O) groups excluding carboxylic acids is 1. The quantitative estimate of drug-likeness (QED) is 0.855. The van der Waals surface area contributed by atoms with E-state index in [4.69, 9.17) is 10.5 Å². The molecule has 84 valence electrons. The van der Waals surface area contributed by atoms with E-state index in [0.29, 0.717) is 17.2 Å². The van der Waals surface area contributed by atoms with Gasteiger partial charge in [-0.3, -0.25) is 0 Å². The topological polar surface area (TPSA) is 52.3 Å². The maximum Gasteiger partial charge on any atom is 0.348 e. The van der Waals surface area contributed by atoms with Crippen molar-refractivity contribution in [3.05, 3.63) is 38.2 Å². The van der Waals surface area contributed by atoms with Gasteiger partial charge in [0.05, 0.1) is 0 Å². The average molecular weight is 253 g/mol. The largest absolute Gasteiger partial charge is 0.457 e. The molecule has 0 amide bonds. The highest BCUT2D eigenvalue weighted by molar-refractivity contribution is 7.14. The number of anilines is 1. The number of ether oxygens (including phenoxy) is 1. The summed E-state index contributed by atoms with van der Waals surface area (Å²) in [4.78, 5) is 13.1. The highest BCUT2D eigenvalue weighted by atomic mass is 32.1. The zero-order chi connectivity index (χ0) is 11.5. The molecule has 0 bridgehead atoms. The molecule has 0 radical (unpaired) electrons. The molecule has 3 nitrogen and oxygen atoms in total. The zero-order valence-corrected chi connectivity index (χ0v) is 10.4. The van der Waals surface area contributed by atoms with Crippen molar-refractivity contribution >= 4 is 34.3 Å². The third kappa shape index (κ3) is 2.43. The molecule has 2 N–H and O–H groups in total. The molecule has 2 heterocycles. The molecule has 16 heavy (non-hydrogen) atoms. The first-order valence-electron chi connectivity index (χ1n) is 4.71. The Morgan fingerprint density at radius 2 is 2.38 bits per heavy atom. The molecule has 0 fully saturated rings. The molecule has 0 unspecified atom stereocenters. The molecule has 0 spiro atoms. The Labute approximate surface area is 101 Å². The lowest BCUT2D eigenvalue weighted by Crippen LogP contribution is -2.02. The Hall–Kier alpha value is -1.33. The van der Waals surface area contributed by atoms with Crippen molar-refractivity contribution in [2.24, 2.45) is 0 Å². The average Bonchev–Trinajstić information content (AvgIpc) is 2.86. The van der Waals surface area contributed by atoms with Crippen LogP contribution in [0.1, 0.15) is 20.1 Å². The number of aryl methyl sites for hydroxylation is 1. The van der Waals surface area contributed by atoms with Gasteiger partial charge in [-0.15, -0.1) is 11.3 Å². The highest BCUT2D eigenvalue weighted by Gasteiger charge is 2.12. The zero-order valence-electron chi connectivity index (χ0n) is 8.73. The van der Waals surface area contributed by atoms with Crippen LogP contribution in [0, 0.1) is 6.92 Å². The minimum absolute atomic E-state index is 0.309. The van der Waals surface area contributed by atoms with Crippen LogP contribution in [0.15, 0.2) is 22.9 Å². The van der Waals surface area contributed by atoms with E-state index >= 15 is 0 Å². The summed E-state index contributed by atoms with van der Waals surface area (Å²) in [6, 6.07) is 3.60. The third-order valence-electron chi connectivity index (χ3n) is 2.11. The van der Waals surface area contributed by atoms with Crippen LogP contribution in [0.2, 0.25) is 0 Å². The monoisotopic (exact) mass is 253 g/mol.